The molecular weight excluding hydrogens is 380 g/mol. The van der Waals surface area contributed by atoms with Gasteiger partial charge in [-0.05, 0) is 43.4 Å². The van der Waals surface area contributed by atoms with Crippen LogP contribution in [0.25, 0.3) is 0 Å². The average molecular weight is 430 g/mol. The largest absolute Gasteiger partial charge is 0.0883 e. The summed E-state index contributed by atoms with van der Waals surface area (Å²) >= 11 is 3.48. The molecule has 3 unspecified atom stereocenters. The predicted octanol–water partition coefficient (Wildman–Crippen LogP) is 9.57. The van der Waals surface area contributed by atoms with Crippen LogP contribution in [0.1, 0.15) is 119 Å². The smallest absolute Gasteiger partial charge is 0.0214 e. The Hall–Kier alpha value is 0.220. The van der Waals surface area contributed by atoms with Crippen molar-refractivity contribution in [2.45, 2.75) is 119 Å². The summed E-state index contributed by atoms with van der Waals surface area (Å²) in [6, 6.07) is 0. The molecular formula is C25H49Br. The van der Waals surface area contributed by atoms with E-state index in [0.717, 1.165) is 29.0 Å². The third kappa shape index (κ3) is 17.6. The highest BCUT2D eigenvalue weighted by Gasteiger charge is 2.08. The lowest BCUT2D eigenvalue weighted by Crippen LogP contribution is -2.01. The Bertz CT molecular complexity index is 331. The first-order valence-corrected chi connectivity index (χ1v) is 12.7. The molecule has 0 fully saturated rings. The molecule has 0 aliphatic heterocycles. The van der Waals surface area contributed by atoms with E-state index in [9.17, 15) is 0 Å². The van der Waals surface area contributed by atoms with Crippen LogP contribution in [0, 0.1) is 23.7 Å². The zero-order valence-corrected chi connectivity index (χ0v) is 20.5. The third-order valence-corrected chi connectivity index (χ3v) is 6.28. The normalized spacial score (nSPS) is 16.1. The van der Waals surface area contributed by atoms with E-state index in [2.05, 4.69) is 63.5 Å². The zero-order valence-electron chi connectivity index (χ0n) is 19.0. The van der Waals surface area contributed by atoms with Crippen LogP contribution >= 0.6 is 15.9 Å². The Kier molecular flexibility index (Phi) is 17.5. The van der Waals surface area contributed by atoms with Gasteiger partial charge in [0.15, 0.2) is 0 Å². The summed E-state index contributed by atoms with van der Waals surface area (Å²) in [5.41, 5.74) is 1.54. The number of rotatable bonds is 17. The molecule has 0 N–H and O–H groups in total. The highest BCUT2D eigenvalue weighted by molar-refractivity contribution is 9.09. The van der Waals surface area contributed by atoms with Crippen molar-refractivity contribution in [2.24, 2.45) is 23.7 Å². The number of alkyl halides is 1. The molecule has 0 bridgehead atoms. The molecule has 0 nitrogen and oxygen atoms in total. The van der Waals surface area contributed by atoms with Crippen LogP contribution < -0.4 is 0 Å². The van der Waals surface area contributed by atoms with Crippen LogP contribution in [-0.4, -0.2) is 5.33 Å². The minimum Gasteiger partial charge on any atom is -0.0883 e. The molecule has 0 amide bonds. The molecule has 0 saturated carbocycles. The van der Waals surface area contributed by atoms with Gasteiger partial charge in [0.25, 0.3) is 0 Å². The summed E-state index contributed by atoms with van der Waals surface area (Å²) in [6.07, 6.45) is 19.2. The Labute approximate surface area is 175 Å². The first-order chi connectivity index (χ1) is 12.3. The third-order valence-electron chi connectivity index (χ3n) is 5.96. The lowest BCUT2D eigenvalue weighted by atomic mass is 9.90. The molecule has 1 heteroatoms. The molecule has 0 saturated heterocycles. The second kappa shape index (κ2) is 17.3. The summed E-state index contributed by atoms with van der Waals surface area (Å²) in [6.45, 7) is 14.3. The summed E-state index contributed by atoms with van der Waals surface area (Å²) < 4.78 is 0. The maximum atomic E-state index is 3.48. The van der Waals surface area contributed by atoms with Crippen molar-refractivity contribution in [3.8, 4) is 0 Å². The van der Waals surface area contributed by atoms with Crippen LogP contribution in [0.5, 0.6) is 0 Å². The fourth-order valence-electron chi connectivity index (χ4n) is 3.90. The van der Waals surface area contributed by atoms with Crippen LogP contribution in [0.4, 0.5) is 0 Å². The molecule has 0 heterocycles. The fraction of sp³-hybridized carbons (Fsp3) is 0.920. The van der Waals surface area contributed by atoms with Gasteiger partial charge < -0.3 is 0 Å². The van der Waals surface area contributed by atoms with Crippen molar-refractivity contribution < 1.29 is 0 Å². The molecule has 0 aromatic rings. The van der Waals surface area contributed by atoms with Gasteiger partial charge >= 0.3 is 0 Å². The van der Waals surface area contributed by atoms with E-state index in [1.54, 1.807) is 5.57 Å². The lowest BCUT2D eigenvalue weighted by Gasteiger charge is -2.16. The molecule has 0 spiro atoms. The lowest BCUT2D eigenvalue weighted by molar-refractivity contribution is 0.372. The van der Waals surface area contributed by atoms with Crippen LogP contribution in [0.3, 0.4) is 0 Å². The quantitative estimate of drug-likeness (QED) is 0.159. The van der Waals surface area contributed by atoms with Gasteiger partial charge in [-0.2, -0.15) is 0 Å². The summed E-state index contributed by atoms with van der Waals surface area (Å²) in [7, 11) is 0. The first kappa shape index (κ1) is 26.2. The van der Waals surface area contributed by atoms with Gasteiger partial charge in [0, 0.05) is 5.33 Å². The van der Waals surface area contributed by atoms with Crippen molar-refractivity contribution >= 4 is 15.9 Å². The maximum absolute atomic E-state index is 3.48. The Balaban J connectivity index is 3.58. The van der Waals surface area contributed by atoms with E-state index in [4.69, 9.17) is 0 Å². The second-order valence-corrected chi connectivity index (χ2v) is 10.2. The van der Waals surface area contributed by atoms with Crippen LogP contribution in [0.15, 0.2) is 11.6 Å². The highest BCUT2D eigenvalue weighted by Crippen LogP contribution is 2.23. The molecule has 26 heavy (non-hydrogen) atoms. The van der Waals surface area contributed by atoms with Gasteiger partial charge in [-0.25, -0.2) is 0 Å². The Morgan fingerprint density at radius 3 is 1.42 bits per heavy atom. The molecule has 0 rings (SSSR count). The van der Waals surface area contributed by atoms with Crippen molar-refractivity contribution in [1.29, 1.82) is 0 Å². The summed E-state index contributed by atoms with van der Waals surface area (Å²) in [5, 5.41) is 1.00. The Morgan fingerprint density at radius 2 is 1.04 bits per heavy atom. The van der Waals surface area contributed by atoms with Gasteiger partial charge in [0.1, 0.15) is 0 Å². The molecule has 0 radical (unpaired) electrons. The van der Waals surface area contributed by atoms with E-state index >= 15 is 0 Å². The second-order valence-electron chi connectivity index (χ2n) is 9.60. The SMILES string of the molecule is CC(=CCBr)CCCC(C)CCCC(C)CCCC(C)CCCC(C)C. The molecule has 156 valence electrons. The van der Waals surface area contributed by atoms with Gasteiger partial charge in [0.2, 0.25) is 0 Å². The maximum Gasteiger partial charge on any atom is 0.0214 e. The summed E-state index contributed by atoms with van der Waals surface area (Å²) in [5.74, 6) is 3.64. The molecule has 0 aromatic heterocycles. The standard InChI is InChI=1S/C25H49Br/c1-21(2)11-7-12-22(3)13-8-14-23(4)15-9-16-24(5)17-10-18-25(6)19-20-26/h19,21-24H,7-18,20H2,1-6H3. The number of halogens is 1. The highest BCUT2D eigenvalue weighted by atomic mass is 79.9. The van der Waals surface area contributed by atoms with Gasteiger partial charge in [0.05, 0.1) is 0 Å². The van der Waals surface area contributed by atoms with Gasteiger partial charge in [-0.3, -0.25) is 0 Å². The van der Waals surface area contributed by atoms with Crippen molar-refractivity contribution in [2.75, 3.05) is 5.33 Å². The van der Waals surface area contributed by atoms with Gasteiger partial charge in [-0.15, -0.1) is 0 Å². The average Bonchev–Trinajstić information content (AvgIpc) is 2.54. The monoisotopic (exact) mass is 428 g/mol. The molecule has 0 aromatic carbocycles. The van der Waals surface area contributed by atoms with E-state index < -0.39 is 0 Å². The van der Waals surface area contributed by atoms with Crippen LogP contribution in [0.2, 0.25) is 0 Å². The Morgan fingerprint density at radius 1 is 0.654 bits per heavy atom. The van der Waals surface area contributed by atoms with Crippen molar-refractivity contribution in [3.63, 3.8) is 0 Å². The van der Waals surface area contributed by atoms with Crippen LogP contribution in [-0.2, 0) is 0 Å². The minimum absolute atomic E-state index is 0.874. The van der Waals surface area contributed by atoms with E-state index in [0.29, 0.717) is 0 Å². The topological polar surface area (TPSA) is 0 Å². The number of hydrogen-bond donors (Lipinski definition) is 0. The van der Waals surface area contributed by atoms with E-state index in [1.807, 2.05) is 0 Å². The van der Waals surface area contributed by atoms with E-state index in [1.165, 1.54) is 77.0 Å². The summed E-state index contributed by atoms with van der Waals surface area (Å²) in [4.78, 5) is 0. The van der Waals surface area contributed by atoms with Crippen molar-refractivity contribution in [3.05, 3.63) is 11.6 Å². The molecule has 0 aliphatic rings. The predicted molar refractivity (Wildman–Crippen MR) is 125 cm³/mol. The van der Waals surface area contributed by atoms with Crippen molar-refractivity contribution in [1.82, 2.24) is 0 Å². The minimum atomic E-state index is 0.874. The fourth-order valence-corrected chi connectivity index (χ4v) is 4.45. The molecule has 3 atom stereocenters. The van der Waals surface area contributed by atoms with E-state index in [-0.39, 0.29) is 0 Å². The zero-order chi connectivity index (χ0) is 19.8. The number of allylic oxidation sites excluding steroid dienone is 2. The first-order valence-electron chi connectivity index (χ1n) is 11.6. The van der Waals surface area contributed by atoms with Gasteiger partial charge in [-0.1, -0.05) is 126 Å². The molecule has 0 aliphatic carbocycles. The number of hydrogen-bond acceptors (Lipinski definition) is 0.